The van der Waals surface area contributed by atoms with Crippen molar-refractivity contribution < 1.29 is 32.6 Å². The Balaban J connectivity index is 1.31. The van der Waals surface area contributed by atoms with Crippen molar-refractivity contribution in [2.45, 2.75) is 48.2 Å². The fourth-order valence-corrected chi connectivity index (χ4v) is 6.88. The lowest BCUT2D eigenvalue weighted by Gasteiger charge is -2.26. The van der Waals surface area contributed by atoms with Gasteiger partial charge in [-0.15, -0.1) is 0 Å². The highest BCUT2D eigenvalue weighted by molar-refractivity contribution is 7.92. The van der Waals surface area contributed by atoms with Gasteiger partial charge in [0.2, 0.25) is 11.0 Å². The summed E-state index contributed by atoms with van der Waals surface area (Å²) in [4.78, 5) is 29.2. The summed E-state index contributed by atoms with van der Waals surface area (Å²) in [6, 6.07) is 12.8. The molecule has 1 saturated carbocycles. The molecule has 2 heterocycles. The number of carbonyl (C=O) groups is 2. The molecule has 5 rings (SSSR count). The van der Waals surface area contributed by atoms with Crippen molar-refractivity contribution in [2.75, 3.05) is 18.5 Å². The predicted molar refractivity (Wildman–Crippen MR) is 142 cm³/mol. The molecular weight excluding hydrogens is 528 g/mol. The number of carbonyl (C=O) groups excluding carboxylic acids is 1. The van der Waals surface area contributed by atoms with Gasteiger partial charge in [-0.2, -0.15) is 0 Å². The van der Waals surface area contributed by atoms with Crippen molar-refractivity contribution in [1.29, 1.82) is 0 Å². The zero-order valence-corrected chi connectivity index (χ0v) is 22.2. The van der Waals surface area contributed by atoms with Crippen LogP contribution in [-0.2, 0) is 19.4 Å². The fourth-order valence-electron chi connectivity index (χ4n) is 4.54. The first kappa shape index (κ1) is 26.3. The Bertz CT molecular complexity index is 1410. The summed E-state index contributed by atoms with van der Waals surface area (Å²) in [5, 5.41) is 12.5. The lowest BCUT2D eigenvalue weighted by molar-refractivity contribution is -0.118. The maximum atomic E-state index is 13.5. The average molecular weight is 557 g/mol. The van der Waals surface area contributed by atoms with Crippen LogP contribution in [0, 0.1) is 5.92 Å². The standard InChI is InChI=1S/C27H28N2O7S2/c30-25(29-27-28-16-24(37-27)36-20-3-1-2-19(15-20)26(31)32)23(14-17-10-12-35-13-11-17)18-4-6-21(7-5-18)38(33,34)22-8-9-22/h1-7,15-17,22-23H,8-14H2,(H,31,32)(H,28,29,30). The summed E-state index contributed by atoms with van der Waals surface area (Å²) in [6.45, 7) is 1.32. The van der Waals surface area contributed by atoms with Crippen molar-refractivity contribution in [3.63, 3.8) is 0 Å². The van der Waals surface area contributed by atoms with E-state index in [-0.39, 0.29) is 16.7 Å². The van der Waals surface area contributed by atoms with E-state index >= 15 is 0 Å². The van der Waals surface area contributed by atoms with Crippen molar-refractivity contribution in [2.24, 2.45) is 5.92 Å². The highest BCUT2D eigenvalue weighted by Gasteiger charge is 2.37. The summed E-state index contributed by atoms with van der Waals surface area (Å²) in [6.07, 6.45) is 5.21. The number of carboxylic acids is 1. The second kappa shape index (κ2) is 11.2. The number of sulfone groups is 1. The summed E-state index contributed by atoms with van der Waals surface area (Å²) < 4.78 is 36.4. The van der Waals surface area contributed by atoms with Crippen LogP contribution in [0.1, 0.15) is 53.9 Å². The molecule has 38 heavy (non-hydrogen) atoms. The van der Waals surface area contributed by atoms with Gasteiger partial charge in [0.1, 0.15) is 5.75 Å². The molecule has 1 atom stereocenters. The van der Waals surface area contributed by atoms with Crippen LogP contribution in [0.15, 0.2) is 59.6 Å². The third-order valence-corrected chi connectivity index (χ3v) is 9.88. The van der Waals surface area contributed by atoms with E-state index in [9.17, 15) is 23.1 Å². The number of hydrogen-bond acceptors (Lipinski definition) is 8. The van der Waals surface area contributed by atoms with Crippen LogP contribution < -0.4 is 10.1 Å². The van der Waals surface area contributed by atoms with Gasteiger partial charge in [-0.1, -0.05) is 29.5 Å². The van der Waals surface area contributed by atoms with Crippen molar-refractivity contribution in [3.8, 4) is 10.8 Å². The molecule has 3 aromatic rings. The number of nitrogens with one attached hydrogen (secondary N) is 1. The van der Waals surface area contributed by atoms with Gasteiger partial charge in [-0.05, 0) is 73.9 Å². The molecular formula is C27H28N2O7S2. The highest BCUT2D eigenvalue weighted by atomic mass is 32.2. The molecule has 1 amide bonds. The van der Waals surface area contributed by atoms with Gasteiger partial charge in [-0.3, -0.25) is 4.79 Å². The lowest BCUT2D eigenvalue weighted by Crippen LogP contribution is -2.26. The molecule has 2 aromatic carbocycles. The molecule has 1 aliphatic heterocycles. The number of carboxylic acid groups (broad SMARTS) is 1. The number of nitrogens with zero attached hydrogens (tertiary/aromatic N) is 1. The highest BCUT2D eigenvalue weighted by Crippen LogP contribution is 2.36. The molecule has 2 aliphatic rings. The first-order valence-electron chi connectivity index (χ1n) is 12.5. The first-order valence-corrected chi connectivity index (χ1v) is 14.9. The molecule has 0 bridgehead atoms. The monoisotopic (exact) mass is 556 g/mol. The smallest absolute Gasteiger partial charge is 0.335 e. The number of hydrogen-bond donors (Lipinski definition) is 2. The van der Waals surface area contributed by atoms with E-state index in [4.69, 9.17) is 9.47 Å². The third kappa shape index (κ3) is 6.23. The van der Waals surface area contributed by atoms with E-state index in [0.717, 1.165) is 29.7 Å². The van der Waals surface area contributed by atoms with E-state index in [1.165, 1.54) is 18.3 Å². The largest absolute Gasteiger partial charge is 0.478 e. The molecule has 0 spiro atoms. The minimum atomic E-state index is -3.31. The van der Waals surface area contributed by atoms with Gasteiger partial charge in [-0.25, -0.2) is 18.2 Å². The summed E-state index contributed by atoms with van der Waals surface area (Å²) in [5.41, 5.74) is 0.856. The van der Waals surface area contributed by atoms with E-state index in [0.29, 0.717) is 59.2 Å². The maximum absolute atomic E-state index is 13.5. The minimum Gasteiger partial charge on any atom is -0.478 e. The van der Waals surface area contributed by atoms with Gasteiger partial charge < -0.3 is 19.9 Å². The molecule has 2 N–H and O–H groups in total. The van der Waals surface area contributed by atoms with Crippen LogP contribution in [0.5, 0.6) is 10.8 Å². The zero-order chi connectivity index (χ0) is 26.7. The molecule has 1 saturated heterocycles. The maximum Gasteiger partial charge on any atom is 0.335 e. The molecule has 9 nitrogen and oxygen atoms in total. The molecule has 200 valence electrons. The van der Waals surface area contributed by atoms with Crippen LogP contribution in [0.25, 0.3) is 0 Å². The minimum absolute atomic E-state index is 0.104. The van der Waals surface area contributed by atoms with Gasteiger partial charge in [0.15, 0.2) is 15.0 Å². The summed E-state index contributed by atoms with van der Waals surface area (Å²) in [5.74, 6) is -1.11. The van der Waals surface area contributed by atoms with Gasteiger partial charge >= 0.3 is 5.97 Å². The zero-order valence-electron chi connectivity index (χ0n) is 20.5. The second-order valence-corrected chi connectivity index (χ2v) is 12.8. The van der Waals surface area contributed by atoms with Crippen molar-refractivity contribution in [3.05, 3.63) is 65.9 Å². The second-order valence-electron chi connectivity index (χ2n) is 9.57. The Morgan fingerprint density at radius 1 is 1.11 bits per heavy atom. The molecule has 11 heteroatoms. The SMILES string of the molecule is O=C(O)c1cccc(Oc2cnc(NC(=O)C(CC3CCOCC3)c3ccc(S(=O)(=O)C4CC4)cc3)s2)c1. The Morgan fingerprint density at radius 3 is 2.53 bits per heavy atom. The Hall–Kier alpha value is -3.28. The Morgan fingerprint density at radius 2 is 1.84 bits per heavy atom. The van der Waals surface area contributed by atoms with E-state index in [1.54, 1.807) is 36.4 Å². The number of aromatic nitrogens is 1. The van der Waals surface area contributed by atoms with Crippen molar-refractivity contribution in [1.82, 2.24) is 4.98 Å². The quantitative estimate of drug-likeness (QED) is 0.352. The van der Waals surface area contributed by atoms with Gasteiger partial charge in [0.05, 0.1) is 27.8 Å². The lowest BCUT2D eigenvalue weighted by atomic mass is 9.84. The Labute approximate surface area is 224 Å². The van der Waals surface area contributed by atoms with Gasteiger partial charge in [0, 0.05) is 13.2 Å². The number of ether oxygens (including phenoxy) is 2. The number of rotatable bonds is 10. The average Bonchev–Trinajstić information content (AvgIpc) is 3.70. The molecule has 1 unspecified atom stereocenters. The van der Waals surface area contributed by atoms with Crippen LogP contribution in [0.3, 0.4) is 0 Å². The first-order chi connectivity index (χ1) is 18.3. The van der Waals surface area contributed by atoms with Crippen LogP contribution in [0.4, 0.5) is 5.13 Å². The third-order valence-electron chi connectivity index (χ3n) is 6.81. The van der Waals surface area contributed by atoms with Crippen molar-refractivity contribution >= 4 is 38.2 Å². The number of thiazole rings is 1. The summed E-state index contributed by atoms with van der Waals surface area (Å²) in [7, 11) is -3.31. The number of anilines is 1. The van der Waals surface area contributed by atoms with Gasteiger partial charge in [0.25, 0.3) is 0 Å². The topological polar surface area (TPSA) is 132 Å². The number of amides is 1. The predicted octanol–water partition coefficient (Wildman–Crippen LogP) is 5.11. The molecule has 0 radical (unpaired) electrons. The number of benzene rings is 2. The van der Waals surface area contributed by atoms with Crippen LogP contribution >= 0.6 is 11.3 Å². The van der Waals surface area contributed by atoms with Crippen LogP contribution in [0.2, 0.25) is 0 Å². The Kier molecular flexibility index (Phi) is 7.78. The van der Waals surface area contributed by atoms with E-state index in [1.807, 2.05) is 0 Å². The summed E-state index contributed by atoms with van der Waals surface area (Å²) >= 11 is 1.13. The van der Waals surface area contributed by atoms with Crippen LogP contribution in [-0.4, -0.2) is 48.8 Å². The normalized spacial score (nSPS) is 17.1. The van der Waals surface area contributed by atoms with E-state index < -0.39 is 21.7 Å². The van der Waals surface area contributed by atoms with E-state index in [2.05, 4.69) is 10.3 Å². The molecule has 1 aromatic heterocycles. The fraction of sp³-hybridized carbons (Fsp3) is 0.370. The molecule has 2 fully saturated rings. The number of aromatic carboxylic acids is 1. The molecule has 1 aliphatic carbocycles.